The maximum atomic E-state index is 12.6. The molecular formula is C17H17N3O4S2. The Balaban J connectivity index is 1.46. The normalized spacial score (nSPS) is 18.5. The van der Waals surface area contributed by atoms with Gasteiger partial charge in [-0.3, -0.25) is 9.59 Å². The third-order valence-corrected chi connectivity index (χ3v) is 6.62. The van der Waals surface area contributed by atoms with Gasteiger partial charge in [-0.1, -0.05) is 11.3 Å². The van der Waals surface area contributed by atoms with Gasteiger partial charge in [0.25, 0.3) is 0 Å². The minimum absolute atomic E-state index is 0.0795. The van der Waals surface area contributed by atoms with Crippen molar-refractivity contribution in [3.8, 4) is 11.5 Å². The summed E-state index contributed by atoms with van der Waals surface area (Å²) in [4.78, 5) is 30.9. The Morgan fingerprint density at radius 1 is 1.38 bits per heavy atom. The second-order valence-corrected chi connectivity index (χ2v) is 8.10. The van der Waals surface area contributed by atoms with Crippen molar-refractivity contribution in [2.45, 2.75) is 17.6 Å². The van der Waals surface area contributed by atoms with Crippen molar-refractivity contribution < 1.29 is 19.1 Å². The van der Waals surface area contributed by atoms with E-state index in [2.05, 4.69) is 10.3 Å². The number of hydrogen-bond donors (Lipinski definition) is 1. The average molecular weight is 391 g/mol. The monoisotopic (exact) mass is 391 g/mol. The van der Waals surface area contributed by atoms with Crippen LogP contribution in [0.5, 0.6) is 11.5 Å². The van der Waals surface area contributed by atoms with Crippen molar-refractivity contribution in [1.29, 1.82) is 0 Å². The van der Waals surface area contributed by atoms with Crippen LogP contribution in [-0.4, -0.2) is 36.4 Å². The Kier molecular flexibility index (Phi) is 4.49. The first-order valence-electron chi connectivity index (χ1n) is 8.07. The molecule has 1 saturated heterocycles. The third kappa shape index (κ3) is 3.12. The predicted octanol–water partition coefficient (Wildman–Crippen LogP) is 2.89. The largest absolute Gasteiger partial charge is 0.454 e. The molecule has 1 aromatic carbocycles. The van der Waals surface area contributed by atoms with Crippen molar-refractivity contribution in [3.05, 3.63) is 23.9 Å². The summed E-state index contributed by atoms with van der Waals surface area (Å²) < 4.78 is 11.7. The van der Waals surface area contributed by atoms with Crippen LogP contribution in [0.2, 0.25) is 0 Å². The summed E-state index contributed by atoms with van der Waals surface area (Å²) in [5, 5.41) is 3.42. The Morgan fingerprint density at radius 3 is 2.96 bits per heavy atom. The van der Waals surface area contributed by atoms with Gasteiger partial charge in [-0.25, -0.2) is 4.98 Å². The fourth-order valence-corrected chi connectivity index (χ4v) is 4.63. The van der Waals surface area contributed by atoms with Crippen LogP contribution in [0.15, 0.2) is 22.4 Å². The Morgan fingerprint density at radius 2 is 2.19 bits per heavy atom. The van der Waals surface area contributed by atoms with Crippen molar-refractivity contribution in [2.24, 2.45) is 5.92 Å². The number of carbonyl (C=O) groups is 2. The van der Waals surface area contributed by atoms with Crippen LogP contribution in [0.4, 0.5) is 10.8 Å². The standard InChI is InChI=1S/C17H17N3O4S2/c1-9-16(25-2)26-17(18-9)19-15(22)10-5-14(21)20(7-10)11-3-4-12-13(6-11)24-8-23-12/h3-4,6,10H,5,7-8H2,1-2H3,(H,18,19,22). The molecule has 1 fully saturated rings. The van der Waals surface area contributed by atoms with E-state index in [-0.39, 0.29) is 25.0 Å². The van der Waals surface area contributed by atoms with E-state index in [1.165, 1.54) is 11.3 Å². The number of nitrogens with one attached hydrogen (secondary N) is 1. The zero-order valence-electron chi connectivity index (χ0n) is 14.3. The lowest BCUT2D eigenvalue weighted by Crippen LogP contribution is -2.28. The van der Waals surface area contributed by atoms with E-state index < -0.39 is 5.92 Å². The number of aromatic nitrogens is 1. The average Bonchev–Trinajstić information content (AvgIpc) is 3.32. The third-order valence-electron chi connectivity index (χ3n) is 4.33. The van der Waals surface area contributed by atoms with Gasteiger partial charge in [0.2, 0.25) is 18.6 Å². The maximum Gasteiger partial charge on any atom is 0.231 e. The van der Waals surface area contributed by atoms with Crippen LogP contribution in [0.25, 0.3) is 0 Å². The van der Waals surface area contributed by atoms with Gasteiger partial charge in [0.05, 0.1) is 15.8 Å². The van der Waals surface area contributed by atoms with Gasteiger partial charge >= 0.3 is 0 Å². The van der Waals surface area contributed by atoms with E-state index in [0.29, 0.717) is 28.9 Å². The molecule has 0 radical (unpaired) electrons. The van der Waals surface area contributed by atoms with Crippen molar-refractivity contribution in [3.63, 3.8) is 0 Å². The lowest BCUT2D eigenvalue weighted by Gasteiger charge is -2.17. The number of carbonyl (C=O) groups excluding carboxylic acids is 2. The summed E-state index contributed by atoms with van der Waals surface area (Å²) in [6.45, 7) is 2.44. The molecule has 0 bridgehead atoms. The minimum Gasteiger partial charge on any atom is -0.454 e. The molecule has 2 amide bonds. The van der Waals surface area contributed by atoms with E-state index in [4.69, 9.17) is 9.47 Å². The Labute approximate surface area is 158 Å². The highest BCUT2D eigenvalue weighted by atomic mass is 32.2. The summed E-state index contributed by atoms with van der Waals surface area (Å²) in [6.07, 6.45) is 2.16. The number of aryl methyl sites for hydroxylation is 1. The van der Waals surface area contributed by atoms with Gasteiger partial charge in [-0.05, 0) is 25.3 Å². The molecule has 2 aliphatic heterocycles. The molecule has 1 N–H and O–H groups in total. The molecular weight excluding hydrogens is 374 g/mol. The molecule has 0 spiro atoms. The van der Waals surface area contributed by atoms with Crippen LogP contribution in [0.3, 0.4) is 0 Å². The van der Waals surface area contributed by atoms with Gasteiger partial charge in [0.1, 0.15) is 0 Å². The molecule has 0 aliphatic carbocycles. The summed E-state index contributed by atoms with van der Waals surface area (Å²) in [7, 11) is 0. The summed E-state index contributed by atoms with van der Waals surface area (Å²) >= 11 is 3.05. The summed E-state index contributed by atoms with van der Waals surface area (Å²) in [5.74, 6) is 0.617. The van der Waals surface area contributed by atoms with Crippen molar-refractivity contribution in [1.82, 2.24) is 4.98 Å². The minimum atomic E-state index is -0.408. The Hall–Kier alpha value is -2.26. The van der Waals surface area contributed by atoms with Crippen LogP contribution in [0, 0.1) is 12.8 Å². The molecule has 2 aliphatic rings. The molecule has 1 atom stereocenters. The molecule has 136 valence electrons. The molecule has 3 heterocycles. The first kappa shape index (κ1) is 17.2. The number of rotatable bonds is 4. The van der Waals surface area contributed by atoms with Crippen LogP contribution >= 0.6 is 23.1 Å². The number of benzene rings is 1. The predicted molar refractivity (Wildman–Crippen MR) is 100 cm³/mol. The second-order valence-electron chi connectivity index (χ2n) is 6.03. The molecule has 26 heavy (non-hydrogen) atoms. The molecule has 0 saturated carbocycles. The number of nitrogens with zero attached hydrogens (tertiary/aromatic N) is 2. The van der Waals surface area contributed by atoms with Gasteiger partial charge < -0.3 is 19.7 Å². The topological polar surface area (TPSA) is 80.8 Å². The lowest BCUT2D eigenvalue weighted by atomic mass is 10.1. The number of thioether (sulfide) groups is 1. The number of hydrogen-bond acceptors (Lipinski definition) is 7. The molecule has 1 aromatic heterocycles. The highest BCUT2D eigenvalue weighted by molar-refractivity contribution is 8.00. The Bertz CT molecular complexity index is 883. The van der Waals surface area contributed by atoms with E-state index >= 15 is 0 Å². The van der Waals surface area contributed by atoms with Crippen LogP contribution < -0.4 is 19.7 Å². The second kappa shape index (κ2) is 6.81. The molecule has 4 rings (SSSR count). The van der Waals surface area contributed by atoms with Crippen LogP contribution in [0.1, 0.15) is 12.1 Å². The van der Waals surface area contributed by atoms with Crippen molar-refractivity contribution in [2.75, 3.05) is 29.8 Å². The lowest BCUT2D eigenvalue weighted by molar-refractivity contribution is -0.122. The molecule has 1 unspecified atom stereocenters. The van der Waals surface area contributed by atoms with Gasteiger partial charge in [-0.2, -0.15) is 0 Å². The highest BCUT2D eigenvalue weighted by Gasteiger charge is 2.36. The van der Waals surface area contributed by atoms with Crippen molar-refractivity contribution >= 4 is 45.7 Å². The first-order valence-corrected chi connectivity index (χ1v) is 10.1. The summed E-state index contributed by atoms with van der Waals surface area (Å²) in [5.41, 5.74) is 1.62. The van der Waals surface area contributed by atoms with E-state index in [0.717, 1.165) is 9.90 Å². The smallest absolute Gasteiger partial charge is 0.231 e. The zero-order chi connectivity index (χ0) is 18.3. The molecule has 2 aromatic rings. The molecule has 7 nitrogen and oxygen atoms in total. The van der Waals surface area contributed by atoms with E-state index in [1.54, 1.807) is 34.9 Å². The number of amides is 2. The van der Waals surface area contributed by atoms with Gasteiger partial charge in [0, 0.05) is 24.7 Å². The maximum absolute atomic E-state index is 12.6. The number of anilines is 2. The quantitative estimate of drug-likeness (QED) is 0.807. The SMILES string of the molecule is CSc1sc(NC(=O)C2CC(=O)N(c3ccc4c(c3)OCO4)C2)nc1C. The van der Waals surface area contributed by atoms with E-state index in [9.17, 15) is 9.59 Å². The van der Waals surface area contributed by atoms with Crippen LogP contribution in [-0.2, 0) is 9.59 Å². The highest BCUT2D eigenvalue weighted by Crippen LogP contribution is 2.37. The van der Waals surface area contributed by atoms with Gasteiger partial charge in [-0.15, -0.1) is 11.8 Å². The first-order chi connectivity index (χ1) is 12.5. The number of thiazole rings is 1. The fraction of sp³-hybridized carbons (Fsp3) is 0.353. The fourth-order valence-electron chi connectivity index (χ4n) is 3.02. The molecule has 9 heteroatoms. The number of fused-ring (bicyclic) bond motifs is 1. The summed E-state index contributed by atoms with van der Waals surface area (Å²) in [6, 6.07) is 5.36. The van der Waals surface area contributed by atoms with E-state index in [1.807, 2.05) is 13.2 Å². The van der Waals surface area contributed by atoms with Gasteiger partial charge in [0.15, 0.2) is 16.6 Å². The zero-order valence-corrected chi connectivity index (χ0v) is 15.9. The number of ether oxygens (including phenoxy) is 2.